The largest absolute Gasteiger partial charge is 0.435 e. The lowest BCUT2D eigenvalue weighted by molar-refractivity contribution is -0.119. The monoisotopic (exact) mass is 334 g/mol. The zero-order chi connectivity index (χ0) is 17.2. The number of aryl methyl sites for hydroxylation is 1. The number of hydrogen-bond donors (Lipinski definition) is 2. The van der Waals surface area contributed by atoms with Gasteiger partial charge in [0.2, 0.25) is 5.91 Å². The van der Waals surface area contributed by atoms with Crippen molar-refractivity contribution < 1.29 is 18.3 Å². The lowest BCUT2D eigenvalue weighted by Gasteiger charge is -2.09. The van der Waals surface area contributed by atoms with Crippen molar-refractivity contribution in [3.8, 4) is 5.75 Å². The van der Waals surface area contributed by atoms with Crippen LogP contribution in [0.2, 0.25) is 0 Å². The number of carbonyl (C=O) groups is 1. The fourth-order valence-corrected chi connectivity index (χ4v) is 2.16. The summed E-state index contributed by atoms with van der Waals surface area (Å²) in [6.45, 7) is -2.11. The molecule has 0 aliphatic heterocycles. The summed E-state index contributed by atoms with van der Waals surface area (Å²) in [6, 6.07) is 16.1. The van der Waals surface area contributed by atoms with Crippen LogP contribution in [-0.4, -0.2) is 25.6 Å². The lowest BCUT2D eigenvalue weighted by Crippen LogP contribution is -2.30. The summed E-state index contributed by atoms with van der Waals surface area (Å²) in [5.74, 6) is -0.0307. The number of halogens is 2. The van der Waals surface area contributed by atoms with Gasteiger partial charge >= 0.3 is 6.61 Å². The van der Waals surface area contributed by atoms with Crippen molar-refractivity contribution in [1.29, 1.82) is 0 Å². The van der Waals surface area contributed by atoms with Gasteiger partial charge in [0.05, 0.1) is 6.54 Å². The summed E-state index contributed by atoms with van der Waals surface area (Å²) < 4.78 is 28.3. The molecule has 0 bridgehead atoms. The van der Waals surface area contributed by atoms with Crippen LogP contribution in [0.1, 0.15) is 12.0 Å². The lowest BCUT2D eigenvalue weighted by atomic mass is 10.1. The molecular weight excluding hydrogens is 314 g/mol. The van der Waals surface area contributed by atoms with Crippen LogP contribution >= 0.6 is 0 Å². The summed E-state index contributed by atoms with van der Waals surface area (Å²) in [6.07, 6.45) is 1.79. The minimum atomic E-state index is -2.84. The Kier molecular flexibility index (Phi) is 7.01. The predicted molar refractivity (Wildman–Crippen MR) is 89.3 cm³/mol. The Morgan fingerprint density at radius 3 is 2.42 bits per heavy atom. The Bertz CT molecular complexity index is 619. The van der Waals surface area contributed by atoms with Crippen molar-refractivity contribution in [2.24, 2.45) is 0 Å². The van der Waals surface area contributed by atoms with Gasteiger partial charge in [-0.25, -0.2) is 0 Å². The zero-order valence-corrected chi connectivity index (χ0v) is 13.2. The van der Waals surface area contributed by atoms with Crippen molar-refractivity contribution >= 4 is 11.6 Å². The first kappa shape index (κ1) is 17.7. The molecule has 0 aromatic heterocycles. The molecule has 0 aliphatic carbocycles. The van der Waals surface area contributed by atoms with Gasteiger partial charge in [0.1, 0.15) is 5.75 Å². The van der Waals surface area contributed by atoms with E-state index in [1.54, 1.807) is 12.1 Å². The Balaban J connectivity index is 1.62. The van der Waals surface area contributed by atoms with E-state index in [2.05, 4.69) is 27.5 Å². The van der Waals surface area contributed by atoms with Crippen LogP contribution in [0, 0.1) is 0 Å². The average molecular weight is 334 g/mol. The van der Waals surface area contributed by atoms with Gasteiger partial charge in [-0.2, -0.15) is 8.78 Å². The molecule has 128 valence electrons. The molecule has 2 N–H and O–H groups in total. The summed E-state index contributed by atoms with van der Waals surface area (Å²) in [4.78, 5) is 11.7. The molecule has 0 heterocycles. The van der Waals surface area contributed by atoms with Crippen molar-refractivity contribution in [1.82, 2.24) is 5.32 Å². The van der Waals surface area contributed by atoms with Gasteiger partial charge in [-0.1, -0.05) is 30.3 Å². The van der Waals surface area contributed by atoms with E-state index < -0.39 is 6.61 Å². The van der Waals surface area contributed by atoms with E-state index in [-0.39, 0.29) is 18.2 Å². The molecule has 2 aromatic rings. The average Bonchev–Trinajstić information content (AvgIpc) is 2.58. The Morgan fingerprint density at radius 1 is 1.04 bits per heavy atom. The first-order valence-electron chi connectivity index (χ1n) is 7.73. The van der Waals surface area contributed by atoms with E-state index >= 15 is 0 Å². The summed E-state index contributed by atoms with van der Waals surface area (Å²) in [5, 5.41) is 5.76. The molecule has 1 amide bonds. The third kappa shape index (κ3) is 6.64. The maximum atomic E-state index is 12.0. The van der Waals surface area contributed by atoms with Crippen molar-refractivity contribution in [2.75, 3.05) is 18.4 Å². The third-order valence-electron chi connectivity index (χ3n) is 3.34. The van der Waals surface area contributed by atoms with Crippen molar-refractivity contribution in [3.63, 3.8) is 0 Å². The highest BCUT2D eigenvalue weighted by atomic mass is 19.3. The van der Waals surface area contributed by atoms with Crippen LogP contribution in [0.15, 0.2) is 54.6 Å². The number of hydrogen-bond acceptors (Lipinski definition) is 3. The molecule has 0 saturated carbocycles. The number of nitrogens with one attached hydrogen (secondary N) is 2. The molecule has 2 aromatic carbocycles. The second kappa shape index (κ2) is 9.50. The second-order valence-electron chi connectivity index (χ2n) is 5.20. The van der Waals surface area contributed by atoms with Gasteiger partial charge in [0.25, 0.3) is 0 Å². The molecule has 0 aliphatic rings. The van der Waals surface area contributed by atoms with Crippen molar-refractivity contribution in [2.45, 2.75) is 19.5 Å². The SMILES string of the molecule is O=C(CNc1ccc(OC(F)F)cc1)NCCCc1ccccc1. The van der Waals surface area contributed by atoms with E-state index in [4.69, 9.17) is 0 Å². The molecular formula is C18H20F2N2O2. The molecule has 0 fully saturated rings. The van der Waals surface area contributed by atoms with E-state index in [0.29, 0.717) is 12.2 Å². The highest BCUT2D eigenvalue weighted by Gasteiger charge is 2.04. The number of anilines is 1. The first-order chi connectivity index (χ1) is 11.6. The van der Waals surface area contributed by atoms with E-state index in [9.17, 15) is 13.6 Å². The first-order valence-corrected chi connectivity index (χ1v) is 7.73. The quantitative estimate of drug-likeness (QED) is 0.691. The molecule has 0 saturated heterocycles. The van der Waals surface area contributed by atoms with Crippen LogP contribution < -0.4 is 15.4 Å². The molecule has 0 spiro atoms. The van der Waals surface area contributed by atoms with Gasteiger partial charge in [0, 0.05) is 12.2 Å². The van der Waals surface area contributed by atoms with Crippen molar-refractivity contribution in [3.05, 3.63) is 60.2 Å². The Labute approximate surface area is 139 Å². The standard InChI is InChI=1S/C18H20F2N2O2/c19-18(20)24-16-10-8-15(9-11-16)22-13-17(23)21-12-4-7-14-5-2-1-3-6-14/h1-3,5-6,8-11,18,22H,4,7,12-13H2,(H,21,23). The third-order valence-corrected chi connectivity index (χ3v) is 3.34. The molecule has 24 heavy (non-hydrogen) atoms. The topological polar surface area (TPSA) is 50.4 Å². The summed E-state index contributed by atoms with van der Waals surface area (Å²) >= 11 is 0. The molecule has 4 nitrogen and oxygen atoms in total. The number of ether oxygens (including phenoxy) is 1. The van der Waals surface area contributed by atoms with Crippen LogP contribution in [-0.2, 0) is 11.2 Å². The molecule has 0 atom stereocenters. The maximum absolute atomic E-state index is 12.0. The number of amides is 1. The highest BCUT2D eigenvalue weighted by molar-refractivity contribution is 5.80. The van der Waals surface area contributed by atoms with Crippen LogP contribution in [0.4, 0.5) is 14.5 Å². The van der Waals surface area contributed by atoms with Gasteiger partial charge in [-0.3, -0.25) is 4.79 Å². The molecule has 0 radical (unpaired) electrons. The van der Waals surface area contributed by atoms with Crippen LogP contribution in [0.25, 0.3) is 0 Å². The smallest absolute Gasteiger partial charge is 0.387 e. The fraction of sp³-hybridized carbons (Fsp3) is 0.278. The molecule has 2 rings (SSSR count). The number of benzene rings is 2. The maximum Gasteiger partial charge on any atom is 0.387 e. The van der Waals surface area contributed by atoms with Gasteiger partial charge in [-0.15, -0.1) is 0 Å². The van der Waals surface area contributed by atoms with Gasteiger partial charge in [0.15, 0.2) is 0 Å². The van der Waals surface area contributed by atoms with Crippen LogP contribution in [0.3, 0.4) is 0 Å². The molecule has 0 unspecified atom stereocenters. The summed E-state index contributed by atoms with van der Waals surface area (Å²) in [5.41, 5.74) is 1.91. The minimum Gasteiger partial charge on any atom is -0.435 e. The predicted octanol–water partition coefficient (Wildman–Crippen LogP) is 3.45. The fourth-order valence-electron chi connectivity index (χ4n) is 2.16. The van der Waals surface area contributed by atoms with Gasteiger partial charge in [-0.05, 0) is 42.7 Å². The number of carbonyl (C=O) groups excluding carboxylic acids is 1. The number of rotatable bonds is 9. The highest BCUT2D eigenvalue weighted by Crippen LogP contribution is 2.17. The summed E-state index contributed by atoms with van der Waals surface area (Å²) in [7, 11) is 0. The second-order valence-corrected chi connectivity index (χ2v) is 5.20. The van der Waals surface area contributed by atoms with E-state index in [0.717, 1.165) is 12.8 Å². The van der Waals surface area contributed by atoms with Crippen LogP contribution in [0.5, 0.6) is 5.75 Å². The minimum absolute atomic E-state index is 0.0842. The van der Waals surface area contributed by atoms with E-state index in [1.165, 1.54) is 17.7 Å². The Morgan fingerprint density at radius 2 is 1.75 bits per heavy atom. The number of alkyl halides is 2. The van der Waals surface area contributed by atoms with E-state index in [1.807, 2.05) is 18.2 Å². The zero-order valence-electron chi connectivity index (χ0n) is 13.2. The van der Waals surface area contributed by atoms with Gasteiger partial charge < -0.3 is 15.4 Å². The normalized spacial score (nSPS) is 10.5. The Hall–Kier alpha value is -2.63. The molecule has 6 heteroatoms.